The van der Waals surface area contributed by atoms with E-state index in [4.69, 9.17) is 5.73 Å². The van der Waals surface area contributed by atoms with Gasteiger partial charge in [-0.05, 0) is 31.9 Å². The Hall–Kier alpha value is -2.74. The van der Waals surface area contributed by atoms with Crippen LogP contribution in [-0.2, 0) is 6.54 Å². The first-order chi connectivity index (χ1) is 12.9. The van der Waals surface area contributed by atoms with Crippen LogP contribution in [-0.4, -0.2) is 33.1 Å². The molecule has 1 aliphatic rings. The fourth-order valence-electron chi connectivity index (χ4n) is 3.18. The zero-order valence-electron chi connectivity index (χ0n) is 15.2. The Balaban J connectivity index is 1.72. The number of aliphatic hydroxyl groups is 1. The van der Waals surface area contributed by atoms with Crippen molar-refractivity contribution in [2.24, 2.45) is 0 Å². The molecule has 2 aromatic rings. The molecule has 0 unspecified atom stereocenters. The summed E-state index contributed by atoms with van der Waals surface area (Å²) >= 11 is 0. The van der Waals surface area contributed by atoms with Crippen LogP contribution in [0.1, 0.15) is 47.2 Å². The van der Waals surface area contributed by atoms with Crippen LogP contribution in [0, 0.1) is 12.7 Å². The number of carbonyl (C=O) groups is 1. The monoisotopic (exact) mass is 373 g/mol. The number of halogens is 1. The summed E-state index contributed by atoms with van der Waals surface area (Å²) in [6.07, 6.45) is 5.93. The Kier molecular flexibility index (Phi) is 5.85. The summed E-state index contributed by atoms with van der Waals surface area (Å²) < 4.78 is 14.3. The van der Waals surface area contributed by atoms with Gasteiger partial charge in [-0.25, -0.2) is 14.4 Å². The molecule has 144 valence electrons. The Labute approximate surface area is 157 Å². The molecule has 0 aliphatic heterocycles. The highest BCUT2D eigenvalue weighted by Crippen LogP contribution is 2.23. The van der Waals surface area contributed by atoms with Crippen molar-refractivity contribution in [1.82, 2.24) is 15.3 Å². The fraction of sp³-hybridized carbons (Fsp3) is 0.421. The van der Waals surface area contributed by atoms with E-state index in [0.29, 0.717) is 24.2 Å². The molecule has 1 aliphatic carbocycles. The number of hydrogen-bond acceptors (Lipinski definition) is 6. The first kappa shape index (κ1) is 19.0. The lowest BCUT2D eigenvalue weighted by molar-refractivity contribution is 0.0717. The molecule has 1 amide bonds. The van der Waals surface area contributed by atoms with E-state index in [-0.39, 0.29) is 17.6 Å². The largest absolute Gasteiger partial charge is 0.391 e. The highest BCUT2D eigenvalue weighted by atomic mass is 19.1. The lowest BCUT2D eigenvalue weighted by Gasteiger charge is -2.28. The van der Waals surface area contributed by atoms with Crippen LogP contribution in [0.4, 0.5) is 16.0 Å². The standard InChI is InChI=1S/C19H24FN5O2/c1-11-14(20)6-13(18(27)25-15-4-2-3-5-17(15)26)7-16(11)22-8-12-9-23-19(21)24-10-12/h6-7,9-10,15,17,22,26H,2-5,8H2,1H3,(H,25,27)(H2,21,23,24)/t15-,17-/m0/s1. The van der Waals surface area contributed by atoms with Gasteiger partial charge in [0.05, 0.1) is 12.1 Å². The van der Waals surface area contributed by atoms with Gasteiger partial charge in [-0.3, -0.25) is 4.79 Å². The van der Waals surface area contributed by atoms with Gasteiger partial charge in [0, 0.05) is 41.3 Å². The van der Waals surface area contributed by atoms with Crippen molar-refractivity contribution >= 4 is 17.5 Å². The van der Waals surface area contributed by atoms with Crippen molar-refractivity contribution in [3.8, 4) is 0 Å². The quantitative estimate of drug-likeness (QED) is 0.639. The van der Waals surface area contributed by atoms with Crippen LogP contribution >= 0.6 is 0 Å². The van der Waals surface area contributed by atoms with Gasteiger partial charge in [0.1, 0.15) is 5.82 Å². The summed E-state index contributed by atoms with van der Waals surface area (Å²) in [7, 11) is 0. The molecule has 1 saturated carbocycles. The summed E-state index contributed by atoms with van der Waals surface area (Å²) in [5.41, 5.74) is 7.39. The molecule has 3 rings (SSSR count). The van der Waals surface area contributed by atoms with Gasteiger partial charge in [-0.1, -0.05) is 12.8 Å². The molecular formula is C19H24FN5O2. The number of nitrogens with zero attached hydrogens (tertiary/aromatic N) is 2. The Bertz CT molecular complexity index is 812. The second-order valence-electron chi connectivity index (χ2n) is 6.87. The molecule has 1 aromatic heterocycles. The second kappa shape index (κ2) is 8.30. The van der Waals surface area contributed by atoms with Crippen LogP contribution in [0.15, 0.2) is 24.5 Å². The van der Waals surface area contributed by atoms with Gasteiger partial charge in [0.15, 0.2) is 0 Å². The fourth-order valence-corrected chi connectivity index (χ4v) is 3.18. The van der Waals surface area contributed by atoms with E-state index in [1.807, 2.05) is 0 Å². The summed E-state index contributed by atoms with van der Waals surface area (Å²) in [4.78, 5) is 20.4. The number of amides is 1. The summed E-state index contributed by atoms with van der Waals surface area (Å²) in [5.74, 6) is -0.675. The molecule has 0 spiro atoms. The molecule has 1 aromatic carbocycles. The van der Waals surface area contributed by atoms with Gasteiger partial charge in [-0.15, -0.1) is 0 Å². The smallest absolute Gasteiger partial charge is 0.251 e. The molecular weight excluding hydrogens is 349 g/mol. The van der Waals surface area contributed by atoms with Crippen LogP contribution in [0.2, 0.25) is 0 Å². The average Bonchev–Trinajstić information content (AvgIpc) is 2.66. The lowest BCUT2D eigenvalue weighted by atomic mass is 9.92. The third-order valence-electron chi connectivity index (χ3n) is 4.86. The Morgan fingerprint density at radius 2 is 2.00 bits per heavy atom. The van der Waals surface area contributed by atoms with Crippen molar-refractivity contribution in [2.75, 3.05) is 11.1 Å². The van der Waals surface area contributed by atoms with Crippen LogP contribution in [0.5, 0.6) is 0 Å². The molecule has 0 radical (unpaired) electrons. The Morgan fingerprint density at radius 3 is 2.70 bits per heavy atom. The highest BCUT2D eigenvalue weighted by Gasteiger charge is 2.25. The number of rotatable bonds is 5. The number of aromatic nitrogens is 2. The number of nitrogens with one attached hydrogen (secondary N) is 2. The molecule has 1 heterocycles. The van der Waals surface area contributed by atoms with E-state index >= 15 is 0 Å². The number of anilines is 2. The summed E-state index contributed by atoms with van der Waals surface area (Å²) in [6.45, 7) is 2.01. The molecule has 7 nitrogen and oxygen atoms in total. The van der Waals surface area contributed by atoms with Gasteiger partial charge in [-0.2, -0.15) is 0 Å². The van der Waals surface area contributed by atoms with Gasteiger partial charge in [0.25, 0.3) is 5.91 Å². The zero-order valence-corrected chi connectivity index (χ0v) is 15.2. The van der Waals surface area contributed by atoms with E-state index in [2.05, 4.69) is 20.6 Å². The minimum absolute atomic E-state index is 0.185. The predicted molar refractivity (Wildman–Crippen MR) is 101 cm³/mol. The number of nitrogens with two attached hydrogens (primary N) is 1. The summed E-state index contributed by atoms with van der Waals surface area (Å²) in [6, 6.07) is 2.54. The SMILES string of the molecule is Cc1c(F)cc(C(=O)N[C@H]2CCCC[C@@H]2O)cc1NCc1cnc(N)nc1. The van der Waals surface area contributed by atoms with Gasteiger partial charge in [0.2, 0.25) is 5.95 Å². The molecule has 8 heteroatoms. The Morgan fingerprint density at radius 1 is 1.30 bits per heavy atom. The number of nitrogen functional groups attached to an aromatic ring is 1. The molecule has 5 N–H and O–H groups in total. The van der Waals surface area contributed by atoms with Crippen molar-refractivity contribution < 1.29 is 14.3 Å². The average molecular weight is 373 g/mol. The minimum Gasteiger partial charge on any atom is -0.391 e. The lowest BCUT2D eigenvalue weighted by Crippen LogP contribution is -2.45. The van der Waals surface area contributed by atoms with Gasteiger partial charge < -0.3 is 21.5 Å². The molecule has 0 saturated heterocycles. The third kappa shape index (κ3) is 4.71. The van der Waals surface area contributed by atoms with Crippen molar-refractivity contribution in [3.05, 3.63) is 47.0 Å². The maximum absolute atomic E-state index is 14.3. The molecule has 0 bridgehead atoms. The molecule has 27 heavy (non-hydrogen) atoms. The van der Waals surface area contributed by atoms with E-state index < -0.39 is 17.8 Å². The molecule has 2 atom stereocenters. The number of carbonyl (C=O) groups excluding carboxylic acids is 1. The van der Waals surface area contributed by atoms with Gasteiger partial charge >= 0.3 is 0 Å². The number of aliphatic hydroxyl groups excluding tert-OH is 1. The van der Waals surface area contributed by atoms with Crippen LogP contribution in [0.3, 0.4) is 0 Å². The predicted octanol–water partition coefficient (Wildman–Crippen LogP) is 2.15. The third-order valence-corrected chi connectivity index (χ3v) is 4.86. The molecule has 1 fully saturated rings. The van der Waals surface area contributed by atoms with E-state index in [9.17, 15) is 14.3 Å². The van der Waals surface area contributed by atoms with Crippen LogP contribution < -0.4 is 16.4 Å². The summed E-state index contributed by atoms with van der Waals surface area (Å²) in [5, 5.41) is 16.0. The van der Waals surface area contributed by atoms with E-state index in [0.717, 1.165) is 24.8 Å². The first-order valence-corrected chi connectivity index (χ1v) is 9.03. The van der Waals surface area contributed by atoms with Crippen molar-refractivity contribution in [1.29, 1.82) is 0 Å². The van der Waals surface area contributed by atoms with Crippen molar-refractivity contribution in [3.63, 3.8) is 0 Å². The second-order valence-corrected chi connectivity index (χ2v) is 6.87. The minimum atomic E-state index is -0.555. The number of hydrogen-bond donors (Lipinski definition) is 4. The van der Waals surface area contributed by atoms with Crippen LogP contribution in [0.25, 0.3) is 0 Å². The van der Waals surface area contributed by atoms with E-state index in [1.54, 1.807) is 25.4 Å². The normalized spacial score (nSPS) is 19.5. The maximum Gasteiger partial charge on any atom is 0.251 e. The highest BCUT2D eigenvalue weighted by molar-refractivity contribution is 5.95. The van der Waals surface area contributed by atoms with Crippen molar-refractivity contribution in [2.45, 2.75) is 51.3 Å². The first-order valence-electron chi connectivity index (χ1n) is 9.03. The topological polar surface area (TPSA) is 113 Å². The zero-order chi connectivity index (χ0) is 19.4. The van der Waals surface area contributed by atoms with E-state index in [1.165, 1.54) is 6.07 Å². The maximum atomic E-state index is 14.3. The number of benzene rings is 1.